The lowest BCUT2D eigenvalue weighted by atomic mass is 10.1. The van der Waals surface area contributed by atoms with Crippen molar-refractivity contribution in [1.82, 2.24) is 0 Å². The van der Waals surface area contributed by atoms with E-state index in [1.165, 1.54) is 0 Å². The number of benzene rings is 2. The first kappa shape index (κ1) is 14.4. The van der Waals surface area contributed by atoms with Crippen LogP contribution in [0.4, 0.5) is 11.4 Å². The lowest BCUT2D eigenvalue weighted by Gasteiger charge is -2.20. The smallest absolute Gasteiger partial charge is 0.0991 e. The summed E-state index contributed by atoms with van der Waals surface area (Å²) < 4.78 is 0. The fourth-order valence-corrected chi connectivity index (χ4v) is 2.17. The Labute approximate surface area is 124 Å². The molecule has 4 heteroatoms. The maximum absolute atomic E-state index is 8.93. The minimum atomic E-state index is 0.303. The van der Waals surface area contributed by atoms with Crippen LogP contribution in [0, 0.1) is 22.7 Å². The number of anilines is 2. The van der Waals surface area contributed by atoms with Crippen molar-refractivity contribution in [3.63, 3.8) is 0 Å². The van der Waals surface area contributed by atoms with E-state index in [0.717, 1.165) is 16.8 Å². The molecule has 0 aliphatic rings. The van der Waals surface area contributed by atoms with Gasteiger partial charge in [0.2, 0.25) is 0 Å². The van der Waals surface area contributed by atoms with Crippen molar-refractivity contribution in [2.75, 3.05) is 17.7 Å². The molecule has 21 heavy (non-hydrogen) atoms. The number of hydrogen-bond acceptors (Lipinski definition) is 4. The summed E-state index contributed by atoms with van der Waals surface area (Å²) in [5.41, 5.74) is 10.1. The summed E-state index contributed by atoms with van der Waals surface area (Å²) in [7, 11) is 1.97. The normalized spacial score (nSPS) is 9.67. The van der Waals surface area contributed by atoms with E-state index < -0.39 is 0 Å². The lowest BCUT2D eigenvalue weighted by Crippen LogP contribution is -2.16. The van der Waals surface area contributed by atoms with Gasteiger partial charge in [0, 0.05) is 25.0 Å². The van der Waals surface area contributed by atoms with E-state index in [0.29, 0.717) is 24.2 Å². The Morgan fingerprint density at radius 1 is 1.14 bits per heavy atom. The highest BCUT2D eigenvalue weighted by Gasteiger charge is 2.06. The highest BCUT2D eigenvalue weighted by atomic mass is 15.1. The van der Waals surface area contributed by atoms with Crippen molar-refractivity contribution >= 4 is 11.4 Å². The topological polar surface area (TPSA) is 76.8 Å². The first-order chi connectivity index (χ1) is 10.1. The fraction of sp³-hybridized carbons (Fsp3) is 0.176. The largest absolute Gasteiger partial charge is 0.398 e. The number of nitrogens with zero attached hydrogens (tertiary/aromatic N) is 3. The van der Waals surface area contributed by atoms with Crippen LogP contribution in [-0.2, 0) is 13.0 Å². The van der Waals surface area contributed by atoms with Crippen LogP contribution < -0.4 is 10.6 Å². The van der Waals surface area contributed by atoms with Crippen LogP contribution in [0.25, 0.3) is 0 Å². The Bertz CT molecular complexity index is 722. The Hall–Kier alpha value is -2.98. The van der Waals surface area contributed by atoms with E-state index >= 15 is 0 Å². The molecule has 0 saturated carbocycles. The first-order valence-electron chi connectivity index (χ1n) is 6.59. The van der Waals surface area contributed by atoms with Crippen LogP contribution in [0.5, 0.6) is 0 Å². The second kappa shape index (κ2) is 6.45. The van der Waals surface area contributed by atoms with Gasteiger partial charge in [-0.25, -0.2) is 0 Å². The molecule has 0 saturated heterocycles. The number of nitrogens with two attached hydrogens (primary N) is 1. The van der Waals surface area contributed by atoms with Crippen molar-refractivity contribution in [1.29, 1.82) is 10.5 Å². The molecule has 2 rings (SSSR count). The fourth-order valence-electron chi connectivity index (χ4n) is 2.17. The molecule has 0 radical (unpaired) electrons. The van der Waals surface area contributed by atoms with Crippen molar-refractivity contribution in [2.24, 2.45) is 0 Å². The zero-order chi connectivity index (χ0) is 15.2. The third kappa shape index (κ3) is 3.52. The molecule has 104 valence electrons. The van der Waals surface area contributed by atoms with Crippen molar-refractivity contribution in [3.8, 4) is 12.1 Å². The van der Waals surface area contributed by atoms with E-state index in [1.807, 2.05) is 43.4 Å². The van der Waals surface area contributed by atoms with E-state index in [2.05, 4.69) is 17.0 Å². The Morgan fingerprint density at radius 3 is 2.67 bits per heavy atom. The molecule has 4 nitrogen and oxygen atoms in total. The first-order valence-corrected chi connectivity index (χ1v) is 6.59. The highest BCUT2D eigenvalue weighted by Crippen LogP contribution is 2.22. The summed E-state index contributed by atoms with van der Waals surface area (Å²) in [4.78, 5) is 2.07. The Balaban J connectivity index is 2.20. The number of nitriles is 2. The standard InChI is InChI=1S/C17H16N4/c1-21(12-14-4-2-3-13(9-14)11-19)16-5-6-17(20)15(10-16)7-8-18/h2-6,9-10H,7,12,20H2,1H3. The predicted molar refractivity (Wildman–Crippen MR) is 83.4 cm³/mol. The maximum atomic E-state index is 8.93. The van der Waals surface area contributed by atoms with Crippen LogP contribution in [0.15, 0.2) is 42.5 Å². The van der Waals surface area contributed by atoms with Gasteiger partial charge in [-0.2, -0.15) is 10.5 Å². The van der Waals surface area contributed by atoms with E-state index in [4.69, 9.17) is 16.3 Å². The maximum Gasteiger partial charge on any atom is 0.0991 e. The summed E-state index contributed by atoms with van der Waals surface area (Å²) in [5.74, 6) is 0. The van der Waals surface area contributed by atoms with Crippen LogP contribution in [0.1, 0.15) is 16.7 Å². The highest BCUT2D eigenvalue weighted by molar-refractivity contribution is 5.59. The summed E-state index contributed by atoms with van der Waals surface area (Å²) in [6.45, 7) is 0.686. The number of nitrogen functional groups attached to an aromatic ring is 1. The van der Waals surface area contributed by atoms with E-state index in [1.54, 1.807) is 6.07 Å². The van der Waals surface area contributed by atoms with Gasteiger partial charge in [0.15, 0.2) is 0 Å². The molecule has 0 aliphatic heterocycles. The van der Waals surface area contributed by atoms with Crippen LogP contribution >= 0.6 is 0 Å². The molecular formula is C17H16N4. The van der Waals surface area contributed by atoms with E-state index in [9.17, 15) is 0 Å². The van der Waals surface area contributed by atoms with Gasteiger partial charge < -0.3 is 10.6 Å². The number of rotatable bonds is 4. The molecule has 2 aromatic carbocycles. The molecule has 0 heterocycles. The summed E-state index contributed by atoms with van der Waals surface area (Å²) in [6.07, 6.45) is 0.303. The average Bonchev–Trinajstić information content (AvgIpc) is 2.50. The van der Waals surface area contributed by atoms with Gasteiger partial charge in [-0.3, -0.25) is 0 Å². The van der Waals surface area contributed by atoms with Gasteiger partial charge >= 0.3 is 0 Å². The third-order valence-corrected chi connectivity index (χ3v) is 3.31. The zero-order valence-electron chi connectivity index (χ0n) is 11.9. The average molecular weight is 276 g/mol. The van der Waals surface area contributed by atoms with E-state index in [-0.39, 0.29) is 0 Å². The summed E-state index contributed by atoms with van der Waals surface area (Å²) in [6, 6.07) is 17.5. The number of hydrogen-bond donors (Lipinski definition) is 1. The quantitative estimate of drug-likeness (QED) is 0.871. The Kier molecular flexibility index (Phi) is 4.43. The summed E-state index contributed by atoms with van der Waals surface area (Å²) in [5, 5.41) is 17.7. The van der Waals surface area contributed by atoms with Gasteiger partial charge in [0.05, 0.1) is 24.1 Å². The van der Waals surface area contributed by atoms with Gasteiger partial charge in [-0.15, -0.1) is 0 Å². The molecule has 2 aromatic rings. The Morgan fingerprint density at radius 2 is 1.95 bits per heavy atom. The molecule has 0 bridgehead atoms. The molecule has 0 unspecified atom stereocenters. The SMILES string of the molecule is CN(Cc1cccc(C#N)c1)c1ccc(N)c(CC#N)c1. The molecule has 0 fully saturated rings. The summed E-state index contributed by atoms with van der Waals surface area (Å²) >= 11 is 0. The predicted octanol–water partition coefficient (Wildman–Crippen LogP) is 2.84. The second-order valence-corrected chi connectivity index (χ2v) is 4.89. The van der Waals surface area contributed by atoms with Crippen molar-refractivity contribution < 1.29 is 0 Å². The molecule has 0 atom stereocenters. The molecule has 0 spiro atoms. The molecule has 2 N–H and O–H groups in total. The van der Waals surface area contributed by atoms with Gasteiger partial charge in [0.25, 0.3) is 0 Å². The molecular weight excluding hydrogens is 260 g/mol. The second-order valence-electron chi connectivity index (χ2n) is 4.89. The van der Waals surface area contributed by atoms with Gasteiger partial charge in [-0.1, -0.05) is 12.1 Å². The molecule has 0 aliphatic carbocycles. The monoisotopic (exact) mass is 276 g/mol. The van der Waals surface area contributed by atoms with Crippen molar-refractivity contribution in [2.45, 2.75) is 13.0 Å². The van der Waals surface area contributed by atoms with Crippen LogP contribution in [-0.4, -0.2) is 7.05 Å². The molecule has 0 amide bonds. The van der Waals surface area contributed by atoms with Gasteiger partial charge in [0.1, 0.15) is 0 Å². The van der Waals surface area contributed by atoms with Gasteiger partial charge in [-0.05, 0) is 41.5 Å². The van der Waals surface area contributed by atoms with Crippen molar-refractivity contribution in [3.05, 3.63) is 59.2 Å². The third-order valence-electron chi connectivity index (χ3n) is 3.31. The lowest BCUT2D eigenvalue weighted by molar-refractivity contribution is 0.921. The zero-order valence-corrected chi connectivity index (χ0v) is 11.9. The molecule has 0 aromatic heterocycles. The van der Waals surface area contributed by atoms with Crippen LogP contribution in [0.3, 0.4) is 0 Å². The van der Waals surface area contributed by atoms with Crippen LogP contribution in [0.2, 0.25) is 0 Å². The minimum Gasteiger partial charge on any atom is -0.398 e. The minimum absolute atomic E-state index is 0.303.